The molecule has 4 nitrogen and oxygen atoms in total. The zero-order valence-corrected chi connectivity index (χ0v) is 18.9. The van der Waals surface area contributed by atoms with Gasteiger partial charge in [-0.3, -0.25) is 0 Å². The molecule has 0 amide bonds. The molecule has 0 saturated carbocycles. The van der Waals surface area contributed by atoms with Crippen LogP contribution in [-0.4, -0.2) is 36.6 Å². The Kier molecular flexibility index (Phi) is 12.5. The minimum Gasteiger partial charge on any atom is -0.494 e. The summed E-state index contributed by atoms with van der Waals surface area (Å²) in [6.07, 6.45) is 10.3. The summed E-state index contributed by atoms with van der Waals surface area (Å²) >= 11 is 0. The number of aliphatic hydroxyl groups excluding tert-OH is 2. The van der Waals surface area contributed by atoms with E-state index in [9.17, 15) is 0 Å². The molecule has 0 aliphatic heterocycles. The fourth-order valence-electron chi connectivity index (χ4n) is 3.32. The third kappa shape index (κ3) is 10.5. The van der Waals surface area contributed by atoms with E-state index in [2.05, 4.69) is 37.3 Å². The van der Waals surface area contributed by atoms with Crippen LogP contribution in [0.2, 0.25) is 0 Å². The van der Waals surface area contributed by atoms with Crippen molar-refractivity contribution in [3.05, 3.63) is 59.7 Å². The predicted octanol–water partition coefficient (Wildman–Crippen LogP) is 6.11. The van der Waals surface area contributed by atoms with E-state index in [0.29, 0.717) is 0 Å². The normalized spacial score (nSPS) is 11.5. The fraction of sp³-hybridized carbons (Fsp3) is 0.481. The first kappa shape index (κ1) is 25.0. The lowest BCUT2D eigenvalue weighted by Gasteiger charge is -2.08. The van der Waals surface area contributed by atoms with E-state index in [0.717, 1.165) is 81.6 Å². The van der Waals surface area contributed by atoms with Gasteiger partial charge in [-0.15, -0.1) is 0 Å². The molecule has 2 N–H and O–H groups in total. The molecule has 2 rings (SSSR count). The van der Waals surface area contributed by atoms with Crippen molar-refractivity contribution in [3.8, 4) is 11.5 Å². The number of ether oxygens (including phenoxy) is 2. The highest BCUT2D eigenvalue weighted by Crippen LogP contribution is 2.22. The SMILES string of the molecule is C/C(=C/c1ccc(OCCCCCCO)cc1)c1ccc(OCCCCCCO)cc1. The number of allylic oxidation sites excluding steroid dienone is 1. The molecule has 0 heterocycles. The highest BCUT2D eigenvalue weighted by molar-refractivity contribution is 5.80. The van der Waals surface area contributed by atoms with E-state index >= 15 is 0 Å². The van der Waals surface area contributed by atoms with Gasteiger partial charge in [-0.2, -0.15) is 0 Å². The van der Waals surface area contributed by atoms with E-state index in [1.165, 1.54) is 11.1 Å². The minimum absolute atomic E-state index is 0.278. The molecule has 0 saturated heterocycles. The van der Waals surface area contributed by atoms with E-state index in [1.54, 1.807) is 0 Å². The molecular formula is C27H38O4. The van der Waals surface area contributed by atoms with E-state index in [4.69, 9.17) is 19.7 Å². The maximum absolute atomic E-state index is 8.79. The molecule has 170 valence electrons. The van der Waals surface area contributed by atoms with Gasteiger partial charge in [-0.1, -0.05) is 43.2 Å². The largest absolute Gasteiger partial charge is 0.494 e. The van der Waals surface area contributed by atoms with Gasteiger partial charge in [0.2, 0.25) is 0 Å². The molecule has 2 aromatic rings. The van der Waals surface area contributed by atoms with Crippen LogP contribution in [0.4, 0.5) is 0 Å². The molecule has 2 aromatic carbocycles. The van der Waals surface area contributed by atoms with Crippen molar-refractivity contribution in [1.82, 2.24) is 0 Å². The summed E-state index contributed by atoms with van der Waals surface area (Å²) < 4.78 is 11.6. The molecule has 0 aliphatic carbocycles. The average molecular weight is 427 g/mol. The lowest BCUT2D eigenvalue weighted by atomic mass is 10.0. The Labute approximate surface area is 187 Å². The Balaban J connectivity index is 1.76. The molecule has 4 heteroatoms. The van der Waals surface area contributed by atoms with Crippen LogP contribution in [0.3, 0.4) is 0 Å². The average Bonchev–Trinajstić information content (AvgIpc) is 2.80. The van der Waals surface area contributed by atoms with E-state index < -0.39 is 0 Å². The molecule has 0 radical (unpaired) electrons. The van der Waals surface area contributed by atoms with E-state index in [-0.39, 0.29) is 13.2 Å². The molecule has 0 unspecified atom stereocenters. The lowest BCUT2D eigenvalue weighted by Crippen LogP contribution is -1.97. The topological polar surface area (TPSA) is 58.9 Å². The van der Waals surface area contributed by atoms with Gasteiger partial charge in [-0.25, -0.2) is 0 Å². The Bertz CT molecular complexity index is 735. The maximum atomic E-state index is 8.79. The second-order valence-electron chi connectivity index (χ2n) is 7.89. The van der Waals surface area contributed by atoms with Crippen molar-refractivity contribution in [2.45, 2.75) is 58.3 Å². The summed E-state index contributed by atoms with van der Waals surface area (Å²) in [5.74, 6) is 1.80. The summed E-state index contributed by atoms with van der Waals surface area (Å²) in [4.78, 5) is 0. The van der Waals surface area contributed by atoms with Gasteiger partial charge in [-0.05, 0) is 86.4 Å². The third-order valence-corrected chi connectivity index (χ3v) is 5.22. The van der Waals surface area contributed by atoms with Gasteiger partial charge in [0.1, 0.15) is 11.5 Å². The van der Waals surface area contributed by atoms with Crippen molar-refractivity contribution >= 4 is 11.6 Å². The molecule has 0 spiro atoms. The molecule has 0 fully saturated rings. The highest BCUT2D eigenvalue weighted by Gasteiger charge is 2.00. The number of aliphatic hydroxyl groups is 2. The summed E-state index contributed by atoms with van der Waals surface area (Å²) in [6.45, 7) is 4.11. The van der Waals surface area contributed by atoms with Gasteiger partial charge in [0, 0.05) is 13.2 Å². The zero-order valence-electron chi connectivity index (χ0n) is 18.9. The van der Waals surface area contributed by atoms with Crippen LogP contribution in [0.5, 0.6) is 11.5 Å². The summed E-state index contributed by atoms with van der Waals surface area (Å²) in [7, 11) is 0. The number of hydrogen-bond donors (Lipinski definition) is 2. The van der Waals surface area contributed by atoms with Crippen molar-refractivity contribution in [3.63, 3.8) is 0 Å². The Morgan fingerprint density at radius 2 is 1.10 bits per heavy atom. The van der Waals surface area contributed by atoms with Crippen LogP contribution in [-0.2, 0) is 0 Å². The number of benzene rings is 2. The van der Waals surface area contributed by atoms with Crippen LogP contribution in [0.1, 0.15) is 69.4 Å². The second-order valence-corrected chi connectivity index (χ2v) is 7.89. The minimum atomic E-state index is 0.278. The Morgan fingerprint density at radius 3 is 1.58 bits per heavy atom. The first-order valence-corrected chi connectivity index (χ1v) is 11.6. The van der Waals surface area contributed by atoms with Gasteiger partial charge >= 0.3 is 0 Å². The van der Waals surface area contributed by atoms with Gasteiger partial charge in [0.15, 0.2) is 0 Å². The van der Waals surface area contributed by atoms with Crippen molar-refractivity contribution < 1.29 is 19.7 Å². The number of unbranched alkanes of at least 4 members (excludes halogenated alkanes) is 6. The number of rotatable bonds is 16. The summed E-state index contributed by atoms with van der Waals surface area (Å²) in [5, 5.41) is 17.6. The molecule has 31 heavy (non-hydrogen) atoms. The highest BCUT2D eigenvalue weighted by atomic mass is 16.5. The van der Waals surface area contributed by atoms with Crippen LogP contribution < -0.4 is 9.47 Å². The van der Waals surface area contributed by atoms with Crippen molar-refractivity contribution in [2.75, 3.05) is 26.4 Å². The van der Waals surface area contributed by atoms with Crippen molar-refractivity contribution in [1.29, 1.82) is 0 Å². The third-order valence-electron chi connectivity index (χ3n) is 5.22. The first-order chi connectivity index (χ1) is 15.2. The first-order valence-electron chi connectivity index (χ1n) is 11.6. The quantitative estimate of drug-likeness (QED) is 0.251. The molecule has 0 aliphatic rings. The maximum Gasteiger partial charge on any atom is 0.119 e. The summed E-state index contributed by atoms with van der Waals surface area (Å²) in [6, 6.07) is 16.4. The monoisotopic (exact) mass is 426 g/mol. The molecule has 0 bridgehead atoms. The van der Waals surface area contributed by atoms with Crippen LogP contribution in [0.25, 0.3) is 11.6 Å². The van der Waals surface area contributed by atoms with Gasteiger partial charge < -0.3 is 19.7 Å². The summed E-state index contributed by atoms with van der Waals surface area (Å²) in [5.41, 5.74) is 3.53. The molecule has 0 aromatic heterocycles. The van der Waals surface area contributed by atoms with Crippen LogP contribution >= 0.6 is 0 Å². The standard InChI is InChI=1S/C27H38O4/c1-23(25-12-16-27(17-13-25)31-21-9-5-3-7-19-29)22-24-10-14-26(15-11-24)30-20-8-4-2-6-18-28/h10-17,22,28-29H,2-9,18-21H2,1H3/b23-22-. The Hall–Kier alpha value is -2.30. The predicted molar refractivity (Wildman–Crippen MR) is 129 cm³/mol. The lowest BCUT2D eigenvalue weighted by molar-refractivity contribution is 0.273. The molecular weight excluding hydrogens is 388 g/mol. The Morgan fingerprint density at radius 1 is 0.645 bits per heavy atom. The van der Waals surface area contributed by atoms with E-state index in [1.807, 2.05) is 24.3 Å². The smallest absolute Gasteiger partial charge is 0.119 e. The van der Waals surface area contributed by atoms with Crippen molar-refractivity contribution in [2.24, 2.45) is 0 Å². The van der Waals surface area contributed by atoms with Gasteiger partial charge in [0.05, 0.1) is 13.2 Å². The molecule has 0 atom stereocenters. The van der Waals surface area contributed by atoms with Crippen LogP contribution in [0.15, 0.2) is 48.5 Å². The fourth-order valence-corrected chi connectivity index (χ4v) is 3.32. The van der Waals surface area contributed by atoms with Gasteiger partial charge in [0.25, 0.3) is 0 Å². The number of hydrogen-bond acceptors (Lipinski definition) is 4. The van der Waals surface area contributed by atoms with Crippen LogP contribution in [0, 0.1) is 0 Å². The zero-order chi connectivity index (χ0) is 22.2. The second kappa shape index (κ2) is 15.5.